The van der Waals surface area contributed by atoms with Crippen molar-refractivity contribution in [3.63, 3.8) is 0 Å². The molecular weight excluding hydrogens is 216 g/mol. The van der Waals surface area contributed by atoms with Crippen molar-refractivity contribution in [2.75, 3.05) is 0 Å². The minimum atomic E-state index is 0. The van der Waals surface area contributed by atoms with E-state index in [0.717, 1.165) is 0 Å². The number of allylic oxidation sites excluding steroid dienone is 4. The summed E-state index contributed by atoms with van der Waals surface area (Å²) >= 11 is 0. The maximum absolute atomic E-state index is 3.50. The Morgan fingerprint density at radius 3 is 2.13 bits per heavy atom. The Morgan fingerprint density at radius 1 is 1.07 bits per heavy atom. The van der Waals surface area contributed by atoms with Gasteiger partial charge in [0.15, 0.2) is 0 Å². The van der Waals surface area contributed by atoms with Gasteiger partial charge in [0.2, 0.25) is 0 Å². The number of hydrogen-bond donors (Lipinski definition) is 0. The van der Waals surface area contributed by atoms with Crippen LogP contribution in [0.4, 0.5) is 0 Å². The molecule has 0 nitrogen and oxygen atoms in total. The van der Waals surface area contributed by atoms with Crippen LogP contribution in [0, 0.1) is 34.3 Å². The molecule has 2 aliphatic rings. The second-order valence-electron chi connectivity index (χ2n) is 3.70. The molecule has 2 aliphatic carbocycles. The molecule has 0 bridgehead atoms. The van der Waals surface area contributed by atoms with Crippen LogP contribution in [0.2, 0.25) is 0 Å². The zero-order valence-electron chi connectivity index (χ0n) is 10.9. The van der Waals surface area contributed by atoms with Crippen molar-refractivity contribution in [2.24, 2.45) is 5.92 Å². The van der Waals surface area contributed by atoms with Crippen molar-refractivity contribution < 1.29 is 21.7 Å². The molecule has 0 N–H and O–H groups in total. The van der Waals surface area contributed by atoms with E-state index in [2.05, 4.69) is 19.9 Å². The molecule has 1 atom stereocenters. The Kier molecular flexibility index (Phi) is 11.5. The molecule has 0 aliphatic heterocycles. The van der Waals surface area contributed by atoms with Gasteiger partial charge in [0.1, 0.15) is 0 Å². The van der Waals surface area contributed by atoms with Crippen LogP contribution in [0.25, 0.3) is 0 Å². The monoisotopic (exact) mass is 240 g/mol. The third-order valence-corrected chi connectivity index (χ3v) is 2.92. The van der Waals surface area contributed by atoms with Crippen molar-refractivity contribution in [1.82, 2.24) is 0 Å². The minimum absolute atomic E-state index is 0. The molecule has 0 aromatic heterocycles. The van der Waals surface area contributed by atoms with Crippen molar-refractivity contribution in [3.8, 4) is 0 Å². The van der Waals surface area contributed by atoms with Gasteiger partial charge in [-0.15, -0.1) is 0 Å². The van der Waals surface area contributed by atoms with Crippen molar-refractivity contribution in [2.45, 2.75) is 39.5 Å². The van der Waals surface area contributed by atoms with E-state index in [1.54, 1.807) is 11.1 Å². The molecule has 0 heterocycles. The molecule has 1 heteroatoms. The van der Waals surface area contributed by atoms with Gasteiger partial charge in [0.25, 0.3) is 0 Å². The normalized spacial score (nSPS) is 22.3. The average Bonchev–Trinajstić information content (AvgIpc) is 2.30. The van der Waals surface area contributed by atoms with Crippen molar-refractivity contribution in [3.05, 3.63) is 45.1 Å². The van der Waals surface area contributed by atoms with E-state index in [9.17, 15) is 0 Å². The summed E-state index contributed by atoms with van der Waals surface area (Å²) < 4.78 is 0. The maximum atomic E-state index is 3.50. The second kappa shape index (κ2) is 8.36. The van der Waals surface area contributed by atoms with Gasteiger partial charge in [0.05, 0.1) is 0 Å². The van der Waals surface area contributed by atoms with Crippen LogP contribution in [-0.4, -0.2) is 0 Å². The molecule has 1 unspecified atom stereocenters. The molecule has 0 radical (unpaired) electrons. The summed E-state index contributed by atoms with van der Waals surface area (Å²) in [6, 6.07) is 0. The fourth-order valence-corrected chi connectivity index (χ4v) is 2.33. The fourth-order valence-electron chi connectivity index (χ4n) is 2.33. The molecule has 15 heavy (non-hydrogen) atoms. The fraction of sp³-hybridized carbons (Fsp3) is 0.500. The largest absolute Gasteiger partial charge is 4.00 e. The van der Waals surface area contributed by atoms with E-state index in [1.807, 2.05) is 0 Å². The van der Waals surface area contributed by atoms with Crippen LogP contribution in [-0.2, 0) is 21.7 Å². The third-order valence-electron chi connectivity index (χ3n) is 2.92. The van der Waals surface area contributed by atoms with Crippen LogP contribution in [0.15, 0.2) is 16.7 Å². The van der Waals surface area contributed by atoms with Gasteiger partial charge in [-0.1, -0.05) is 39.0 Å². The molecule has 0 saturated heterocycles. The van der Waals surface area contributed by atoms with Crippen LogP contribution < -0.4 is 0 Å². The summed E-state index contributed by atoms with van der Waals surface area (Å²) in [6.07, 6.45) is 8.95. The quantitative estimate of drug-likeness (QED) is 0.428. The van der Waals surface area contributed by atoms with Gasteiger partial charge in [-0.25, -0.2) is 5.57 Å². The summed E-state index contributed by atoms with van der Waals surface area (Å²) in [5, 5.41) is 0. The van der Waals surface area contributed by atoms with Crippen molar-refractivity contribution >= 4 is 0 Å². The van der Waals surface area contributed by atoms with Crippen LogP contribution in [0.3, 0.4) is 0 Å². The van der Waals surface area contributed by atoms with Gasteiger partial charge >= 0.3 is 21.7 Å². The predicted octanol–water partition coefficient (Wildman–Crippen LogP) is 4.60. The molecule has 0 saturated carbocycles. The van der Waals surface area contributed by atoms with Crippen LogP contribution >= 0.6 is 0 Å². The first-order valence-electron chi connectivity index (χ1n) is 4.61. The predicted molar refractivity (Wildman–Crippen MR) is 66.3 cm³/mol. The van der Waals surface area contributed by atoms with Crippen LogP contribution in [0.1, 0.15) is 39.5 Å². The van der Waals surface area contributed by atoms with E-state index in [-0.39, 0.29) is 44.0 Å². The first-order valence-corrected chi connectivity index (χ1v) is 4.61. The maximum Gasteiger partial charge on any atom is 4.00 e. The van der Waals surface area contributed by atoms with Crippen molar-refractivity contribution in [1.29, 1.82) is 0 Å². The number of hydrogen-bond acceptors (Lipinski definition) is 0. The van der Waals surface area contributed by atoms with Crippen LogP contribution in [0.5, 0.6) is 0 Å². The smallest absolute Gasteiger partial charge is 0.358 e. The Labute approximate surface area is 112 Å². The molecule has 2 rings (SSSR count). The molecule has 84 valence electrons. The summed E-state index contributed by atoms with van der Waals surface area (Å²) in [6.45, 7) is 4.49. The van der Waals surface area contributed by atoms with E-state index < -0.39 is 0 Å². The zero-order chi connectivity index (χ0) is 7.84. The second-order valence-corrected chi connectivity index (χ2v) is 3.70. The Bertz CT molecular complexity index is 236. The first-order chi connectivity index (χ1) is 5.29. The molecule has 0 aromatic carbocycles. The number of rotatable bonds is 0. The Balaban J connectivity index is -0.000000360. The summed E-state index contributed by atoms with van der Waals surface area (Å²) in [7, 11) is 0. The van der Waals surface area contributed by atoms with E-state index >= 15 is 0 Å². The van der Waals surface area contributed by atoms with E-state index in [4.69, 9.17) is 0 Å². The average molecular weight is 240 g/mol. The molecule has 0 fully saturated rings. The van der Waals surface area contributed by atoms with Gasteiger partial charge in [0, 0.05) is 0 Å². The van der Waals surface area contributed by atoms with Gasteiger partial charge in [-0.3, -0.25) is 6.08 Å². The summed E-state index contributed by atoms with van der Waals surface area (Å²) in [4.78, 5) is 0. The Morgan fingerprint density at radius 2 is 1.60 bits per heavy atom. The van der Waals surface area contributed by atoms with Gasteiger partial charge in [-0.2, -0.15) is 11.1 Å². The summed E-state index contributed by atoms with van der Waals surface area (Å²) in [5.41, 5.74) is 4.77. The SMILES string of the molecule is CC1=[C-]C(C)C2=C1CCCC2.[CH3-].[CH3-].[CH3-].[Ti+4]. The summed E-state index contributed by atoms with van der Waals surface area (Å²) in [5.74, 6) is 0.630. The zero-order valence-corrected chi connectivity index (χ0v) is 12.5. The standard InChI is InChI=1S/C11H15.3CH3.Ti/c1-8-7-9(2)11-6-4-3-5-10(8)11;;;;/h8H,3-6H2,1-2H3;3*1H3;/q4*-1;+4. The molecule has 0 spiro atoms. The molecular formula is C14H24Ti. The van der Waals surface area contributed by atoms with E-state index in [1.165, 1.54) is 31.3 Å². The Hall–Kier alpha value is 0.194. The van der Waals surface area contributed by atoms with Gasteiger partial charge in [-0.05, 0) is 6.42 Å². The molecule has 0 aromatic rings. The molecule has 0 amide bonds. The topological polar surface area (TPSA) is 0 Å². The third kappa shape index (κ3) is 3.92. The first kappa shape index (κ1) is 20.6. The van der Waals surface area contributed by atoms with E-state index in [0.29, 0.717) is 5.92 Å². The van der Waals surface area contributed by atoms with Gasteiger partial charge < -0.3 is 22.3 Å². The minimum Gasteiger partial charge on any atom is -0.358 e.